The maximum Gasteiger partial charge on any atom is 0.230 e. The zero-order chi connectivity index (χ0) is 11.6. The molecule has 0 aromatic rings. The molecule has 1 atom stereocenters. The van der Waals surface area contributed by atoms with E-state index in [9.17, 15) is 4.79 Å². The molecule has 0 N–H and O–H groups in total. The molecule has 0 aliphatic rings. The number of rotatable bonds is 4. The minimum Gasteiger partial charge on any atom is -0.384 e. The monoisotopic (exact) mass is 220 g/mol. The van der Waals surface area contributed by atoms with Crippen molar-refractivity contribution in [1.82, 2.24) is 0 Å². The molecule has 0 rings (SSSR count). The van der Waals surface area contributed by atoms with Crippen LogP contribution in [0.1, 0.15) is 34.6 Å². The highest BCUT2D eigenvalue weighted by Crippen LogP contribution is 2.46. The zero-order valence-electron chi connectivity index (χ0n) is 9.98. The second-order valence-electron chi connectivity index (χ2n) is 5.08. The molecule has 0 heterocycles. The molecular formula is C11H21ClO2. The number of ether oxygens (including phenoxy) is 1. The van der Waals surface area contributed by atoms with Crippen LogP contribution in [0, 0.1) is 16.7 Å². The van der Waals surface area contributed by atoms with E-state index < -0.39 is 5.41 Å². The van der Waals surface area contributed by atoms with Crippen molar-refractivity contribution in [2.75, 3.05) is 13.7 Å². The van der Waals surface area contributed by atoms with Gasteiger partial charge in [-0.2, -0.15) is 0 Å². The highest BCUT2D eigenvalue weighted by atomic mass is 35.5. The number of carbonyl (C=O) groups excluding carboxylic acids is 1. The van der Waals surface area contributed by atoms with Gasteiger partial charge in [-0.15, -0.1) is 0 Å². The van der Waals surface area contributed by atoms with E-state index in [1.807, 2.05) is 34.6 Å². The molecule has 0 amide bonds. The molecule has 0 aliphatic heterocycles. The van der Waals surface area contributed by atoms with E-state index in [1.165, 1.54) is 0 Å². The molecule has 0 saturated heterocycles. The normalized spacial score (nSPS) is 16.9. The van der Waals surface area contributed by atoms with Gasteiger partial charge < -0.3 is 4.74 Å². The summed E-state index contributed by atoms with van der Waals surface area (Å²) in [5, 5.41) is -0.304. The molecule has 14 heavy (non-hydrogen) atoms. The van der Waals surface area contributed by atoms with E-state index in [0.29, 0.717) is 6.61 Å². The molecular weight excluding hydrogens is 200 g/mol. The molecule has 0 aromatic heterocycles. The summed E-state index contributed by atoms with van der Waals surface area (Å²) < 4.78 is 5.15. The van der Waals surface area contributed by atoms with E-state index in [-0.39, 0.29) is 16.6 Å². The molecule has 0 aromatic carbocycles. The minimum absolute atomic E-state index is 0.160. The number of methoxy groups -OCH3 is 1. The Hall–Kier alpha value is -0.0800. The third-order valence-corrected chi connectivity index (χ3v) is 3.38. The number of hydrogen-bond acceptors (Lipinski definition) is 2. The fraction of sp³-hybridized carbons (Fsp3) is 0.909. The summed E-state index contributed by atoms with van der Waals surface area (Å²) in [6.07, 6.45) is 0. The highest BCUT2D eigenvalue weighted by Gasteiger charge is 2.50. The van der Waals surface area contributed by atoms with E-state index in [2.05, 4.69) is 0 Å². The molecule has 3 heteroatoms. The lowest BCUT2D eigenvalue weighted by Crippen LogP contribution is -2.48. The van der Waals surface area contributed by atoms with E-state index >= 15 is 0 Å². The zero-order valence-corrected chi connectivity index (χ0v) is 10.7. The van der Waals surface area contributed by atoms with Crippen molar-refractivity contribution in [1.29, 1.82) is 0 Å². The summed E-state index contributed by atoms with van der Waals surface area (Å²) >= 11 is 5.74. The Labute approximate surface area is 92.0 Å². The van der Waals surface area contributed by atoms with Crippen LogP contribution in [0.2, 0.25) is 0 Å². The van der Waals surface area contributed by atoms with E-state index in [4.69, 9.17) is 16.3 Å². The SMILES string of the molecule is COCC(C(=O)Cl)(C(C)C)C(C)(C)C. The largest absolute Gasteiger partial charge is 0.384 e. The van der Waals surface area contributed by atoms with Crippen LogP contribution in [-0.4, -0.2) is 19.0 Å². The third kappa shape index (κ3) is 2.29. The van der Waals surface area contributed by atoms with Crippen LogP contribution in [0.15, 0.2) is 0 Å². The van der Waals surface area contributed by atoms with Gasteiger partial charge in [-0.1, -0.05) is 34.6 Å². The van der Waals surface area contributed by atoms with Gasteiger partial charge >= 0.3 is 0 Å². The second-order valence-corrected chi connectivity index (χ2v) is 5.43. The maximum atomic E-state index is 11.6. The minimum atomic E-state index is -0.608. The van der Waals surface area contributed by atoms with Gasteiger partial charge in [0.2, 0.25) is 5.24 Å². The van der Waals surface area contributed by atoms with Crippen LogP contribution < -0.4 is 0 Å². The first-order chi connectivity index (χ1) is 6.20. The van der Waals surface area contributed by atoms with Gasteiger partial charge in [0.25, 0.3) is 0 Å². The van der Waals surface area contributed by atoms with E-state index in [0.717, 1.165) is 0 Å². The molecule has 0 saturated carbocycles. The van der Waals surface area contributed by atoms with Crippen LogP contribution in [0.25, 0.3) is 0 Å². The van der Waals surface area contributed by atoms with Gasteiger partial charge in [0.05, 0.1) is 12.0 Å². The third-order valence-electron chi connectivity index (χ3n) is 3.05. The molecule has 0 fully saturated rings. The molecule has 0 radical (unpaired) electrons. The van der Waals surface area contributed by atoms with Crippen molar-refractivity contribution < 1.29 is 9.53 Å². The second kappa shape index (κ2) is 4.63. The lowest BCUT2D eigenvalue weighted by atomic mass is 9.61. The standard InChI is InChI=1S/C11H21ClO2/c1-8(2)11(7-14-6,9(12)13)10(3,4)5/h8H,7H2,1-6H3. The summed E-state index contributed by atoms with van der Waals surface area (Å²) in [4.78, 5) is 11.6. The van der Waals surface area contributed by atoms with E-state index in [1.54, 1.807) is 7.11 Å². The first-order valence-electron chi connectivity index (χ1n) is 4.89. The van der Waals surface area contributed by atoms with Crippen LogP contribution in [0.5, 0.6) is 0 Å². The van der Waals surface area contributed by atoms with Crippen molar-refractivity contribution in [3.8, 4) is 0 Å². The molecule has 0 aliphatic carbocycles. The Morgan fingerprint density at radius 3 is 1.86 bits per heavy atom. The summed E-state index contributed by atoms with van der Waals surface area (Å²) in [5.41, 5.74) is -0.806. The number of carbonyl (C=O) groups is 1. The Bertz CT molecular complexity index is 206. The topological polar surface area (TPSA) is 26.3 Å². The summed E-state index contributed by atoms with van der Waals surface area (Å²) in [6.45, 7) is 10.4. The van der Waals surface area contributed by atoms with Crippen molar-refractivity contribution in [2.45, 2.75) is 34.6 Å². The highest BCUT2D eigenvalue weighted by molar-refractivity contribution is 6.64. The summed E-state index contributed by atoms with van der Waals surface area (Å²) in [5.74, 6) is 0.160. The Balaban J connectivity index is 5.27. The molecule has 84 valence electrons. The predicted octanol–water partition coefficient (Wildman–Crippen LogP) is 3.09. The molecule has 0 bridgehead atoms. The molecule has 1 unspecified atom stereocenters. The quantitative estimate of drug-likeness (QED) is 0.681. The van der Waals surface area contributed by atoms with Crippen molar-refractivity contribution in [3.63, 3.8) is 0 Å². The van der Waals surface area contributed by atoms with Gasteiger partial charge in [-0.3, -0.25) is 4.79 Å². The smallest absolute Gasteiger partial charge is 0.230 e. The van der Waals surface area contributed by atoms with Crippen LogP contribution in [0.4, 0.5) is 0 Å². The van der Waals surface area contributed by atoms with Crippen LogP contribution >= 0.6 is 11.6 Å². The maximum absolute atomic E-state index is 11.6. The lowest BCUT2D eigenvalue weighted by Gasteiger charge is -2.44. The van der Waals surface area contributed by atoms with Gasteiger partial charge in [0, 0.05) is 7.11 Å². The average Bonchev–Trinajstić information content (AvgIpc) is 1.95. The molecule has 0 spiro atoms. The van der Waals surface area contributed by atoms with Gasteiger partial charge in [-0.05, 0) is 22.9 Å². The van der Waals surface area contributed by atoms with Gasteiger partial charge in [0.1, 0.15) is 0 Å². The molecule has 2 nitrogen and oxygen atoms in total. The Morgan fingerprint density at radius 1 is 1.36 bits per heavy atom. The first kappa shape index (κ1) is 13.9. The first-order valence-corrected chi connectivity index (χ1v) is 5.26. The summed E-state index contributed by atoms with van der Waals surface area (Å²) in [6, 6.07) is 0. The average molecular weight is 221 g/mol. The van der Waals surface area contributed by atoms with Crippen LogP contribution in [-0.2, 0) is 9.53 Å². The Kier molecular flexibility index (Phi) is 4.60. The van der Waals surface area contributed by atoms with Gasteiger partial charge in [-0.25, -0.2) is 0 Å². The summed E-state index contributed by atoms with van der Waals surface area (Å²) in [7, 11) is 1.60. The predicted molar refractivity (Wildman–Crippen MR) is 59.5 cm³/mol. The fourth-order valence-corrected chi connectivity index (χ4v) is 2.61. The number of hydrogen-bond donors (Lipinski definition) is 0. The van der Waals surface area contributed by atoms with Crippen LogP contribution in [0.3, 0.4) is 0 Å². The van der Waals surface area contributed by atoms with Gasteiger partial charge in [0.15, 0.2) is 0 Å². The van der Waals surface area contributed by atoms with Crippen molar-refractivity contribution in [3.05, 3.63) is 0 Å². The fourth-order valence-electron chi connectivity index (χ4n) is 2.06. The Morgan fingerprint density at radius 2 is 1.79 bits per heavy atom. The number of halogens is 1. The van der Waals surface area contributed by atoms with Crippen molar-refractivity contribution >= 4 is 16.8 Å². The lowest BCUT2D eigenvalue weighted by molar-refractivity contribution is -0.137. The van der Waals surface area contributed by atoms with Crippen molar-refractivity contribution in [2.24, 2.45) is 16.7 Å².